The van der Waals surface area contributed by atoms with Gasteiger partial charge in [-0.2, -0.15) is 0 Å². The van der Waals surface area contributed by atoms with Gasteiger partial charge in [-0.05, 0) is 12.1 Å². The summed E-state index contributed by atoms with van der Waals surface area (Å²) < 4.78 is 0. The summed E-state index contributed by atoms with van der Waals surface area (Å²) >= 11 is 0. The van der Waals surface area contributed by atoms with Gasteiger partial charge in [0.15, 0.2) is 0 Å². The van der Waals surface area contributed by atoms with Crippen LogP contribution in [0.15, 0.2) is 41.3 Å². The smallest absolute Gasteiger partial charge is 0.269 e. The Morgan fingerprint density at radius 2 is 1.95 bits per heavy atom. The van der Waals surface area contributed by atoms with E-state index in [9.17, 15) is 24.8 Å². The van der Waals surface area contributed by atoms with E-state index >= 15 is 0 Å². The maximum atomic E-state index is 11.8. The molecule has 0 unspecified atom stereocenters. The molecule has 0 bridgehead atoms. The topological polar surface area (TPSA) is 125 Å². The van der Waals surface area contributed by atoms with E-state index in [0.29, 0.717) is 5.69 Å². The number of benzene rings is 1. The standard InChI is InChI=1S/C12H9N3O5/c16-10-5-11(17)13-6-9(10)12(18)14-7-1-3-8(4-2-7)15(19)20/h1-6H,(H,14,18)(H2,13,16,17). The Hall–Kier alpha value is -3.16. The first kappa shape index (κ1) is 13.3. The van der Waals surface area contributed by atoms with Crippen molar-refractivity contribution in [3.05, 3.63) is 62.6 Å². The Labute approximate surface area is 111 Å². The van der Waals surface area contributed by atoms with Gasteiger partial charge in [-0.25, -0.2) is 0 Å². The van der Waals surface area contributed by atoms with Gasteiger partial charge in [-0.1, -0.05) is 0 Å². The van der Waals surface area contributed by atoms with Gasteiger partial charge in [-0.3, -0.25) is 19.7 Å². The fourth-order valence-corrected chi connectivity index (χ4v) is 1.51. The van der Waals surface area contributed by atoms with Crippen LogP contribution in [0.2, 0.25) is 0 Å². The molecule has 20 heavy (non-hydrogen) atoms. The molecular formula is C12H9N3O5. The summed E-state index contributed by atoms with van der Waals surface area (Å²) in [5, 5.41) is 22.4. The number of nitrogens with zero attached hydrogens (tertiary/aromatic N) is 1. The summed E-state index contributed by atoms with van der Waals surface area (Å²) in [7, 11) is 0. The molecule has 0 spiro atoms. The second-order valence-electron chi connectivity index (χ2n) is 3.85. The molecule has 0 radical (unpaired) electrons. The largest absolute Gasteiger partial charge is 0.507 e. The number of pyridine rings is 1. The van der Waals surface area contributed by atoms with Crippen LogP contribution in [0.1, 0.15) is 10.4 Å². The van der Waals surface area contributed by atoms with E-state index in [1.165, 1.54) is 24.3 Å². The minimum absolute atomic E-state index is 0.102. The molecule has 0 saturated heterocycles. The molecule has 2 rings (SSSR count). The van der Waals surface area contributed by atoms with Crippen molar-refractivity contribution in [2.75, 3.05) is 5.32 Å². The number of nitro groups is 1. The third kappa shape index (κ3) is 2.80. The van der Waals surface area contributed by atoms with Gasteiger partial charge < -0.3 is 15.4 Å². The minimum atomic E-state index is -0.646. The van der Waals surface area contributed by atoms with E-state index in [-0.39, 0.29) is 11.3 Å². The minimum Gasteiger partial charge on any atom is -0.507 e. The zero-order valence-corrected chi connectivity index (χ0v) is 9.99. The van der Waals surface area contributed by atoms with Gasteiger partial charge in [-0.15, -0.1) is 0 Å². The van der Waals surface area contributed by atoms with Gasteiger partial charge >= 0.3 is 0 Å². The fourth-order valence-electron chi connectivity index (χ4n) is 1.51. The summed E-state index contributed by atoms with van der Waals surface area (Å²) in [5.41, 5.74) is -0.418. The number of aromatic amines is 1. The average molecular weight is 275 g/mol. The molecule has 3 N–H and O–H groups in total. The monoisotopic (exact) mass is 275 g/mol. The highest BCUT2D eigenvalue weighted by molar-refractivity contribution is 6.05. The van der Waals surface area contributed by atoms with E-state index in [4.69, 9.17) is 0 Å². The summed E-state index contributed by atoms with van der Waals surface area (Å²) in [5.74, 6) is -1.10. The molecule has 8 nitrogen and oxygen atoms in total. The Morgan fingerprint density at radius 3 is 2.50 bits per heavy atom. The highest BCUT2D eigenvalue weighted by atomic mass is 16.6. The van der Waals surface area contributed by atoms with Crippen molar-refractivity contribution in [1.82, 2.24) is 4.98 Å². The molecule has 2 aromatic rings. The molecule has 0 atom stereocenters. The molecular weight excluding hydrogens is 266 g/mol. The van der Waals surface area contributed by atoms with Crippen LogP contribution in [0.4, 0.5) is 11.4 Å². The van der Waals surface area contributed by atoms with Gasteiger partial charge in [0.05, 0.1) is 10.5 Å². The first-order valence-electron chi connectivity index (χ1n) is 5.45. The Bertz CT molecular complexity index is 721. The average Bonchev–Trinajstić information content (AvgIpc) is 2.39. The molecule has 0 saturated carbocycles. The van der Waals surface area contributed by atoms with Crippen LogP contribution in [0.25, 0.3) is 0 Å². The quantitative estimate of drug-likeness (QED) is 0.574. The summed E-state index contributed by atoms with van der Waals surface area (Å²) in [4.78, 5) is 34.9. The second kappa shape index (κ2) is 5.22. The summed E-state index contributed by atoms with van der Waals surface area (Å²) in [6.07, 6.45) is 1.08. The number of aromatic hydroxyl groups is 1. The van der Waals surface area contributed by atoms with Gasteiger partial charge in [0.1, 0.15) is 5.75 Å². The number of hydrogen-bond acceptors (Lipinski definition) is 5. The molecule has 1 aromatic carbocycles. The predicted octanol–water partition coefficient (Wildman–Crippen LogP) is 1.24. The lowest BCUT2D eigenvalue weighted by Crippen LogP contribution is -2.15. The van der Waals surface area contributed by atoms with Crippen LogP contribution in [-0.2, 0) is 0 Å². The molecule has 1 heterocycles. The summed E-state index contributed by atoms with van der Waals surface area (Å²) in [6.45, 7) is 0. The Balaban J connectivity index is 2.19. The van der Waals surface area contributed by atoms with Crippen LogP contribution in [0, 0.1) is 10.1 Å². The highest BCUT2D eigenvalue weighted by Crippen LogP contribution is 2.18. The van der Waals surface area contributed by atoms with Crippen LogP contribution >= 0.6 is 0 Å². The summed E-state index contributed by atoms with van der Waals surface area (Å²) in [6, 6.07) is 6.08. The van der Waals surface area contributed by atoms with Crippen LogP contribution < -0.4 is 10.9 Å². The highest BCUT2D eigenvalue weighted by Gasteiger charge is 2.12. The van der Waals surface area contributed by atoms with Crippen molar-refractivity contribution in [3.8, 4) is 5.75 Å². The number of aromatic nitrogens is 1. The second-order valence-corrected chi connectivity index (χ2v) is 3.85. The van der Waals surface area contributed by atoms with Crippen LogP contribution in [0.3, 0.4) is 0 Å². The number of rotatable bonds is 3. The van der Waals surface area contributed by atoms with Crippen LogP contribution in [0.5, 0.6) is 5.75 Å². The SMILES string of the molecule is O=C(Nc1ccc([N+](=O)[O-])cc1)c1c[nH]c(=O)cc1O. The number of H-pyrrole nitrogens is 1. The maximum Gasteiger partial charge on any atom is 0.269 e. The Kier molecular flexibility index (Phi) is 3.47. The third-order valence-electron chi connectivity index (χ3n) is 2.48. The van der Waals surface area contributed by atoms with Gasteiger partial charge in [0, 0.05) is 30.1 Å². The zero-order valence-electron chi connectivity index (χ0n) is 9.99. The van der Waals surface area contributed by atoms with Crippen LogP contribution in [-0.4, -0.2) is 20.9 Å². The zero-order chi connectivity index (χ0) is 14.7. The number of nitrogens with one attached hydrogen (secondary N) is 2. The molecule has 102 valence electrons. The van der Waals surface area contributed by atoms with Gasteiger partial charge in [0.25, 0.3) is 17.2 Å². The number of amides is 1. The Morgan fingerprint density at radius 1 is 1.30 bits per heavy atom. The molecule has 0 aliphatic rings. The number of carbonyl (C=O) groups excluding carboxylic acids is 1. The lowest BCUT2D eigenvalue weighted by atomic mass is 10.2. The fraction of sp³-hybridized carbons (Fsp3) is 0. The molecule has 0 aliphatic carbocycles. The van der Waals surface area contributed by atoms with E-state index in [1.807, 2.05) is 0 Å². The van der Waals surface area contributed by atoms with Gasteiger partial charge in [0.2, 0.25) is 0 Å². The lowest BCUT2D eigenvalue weighted by Gasteiger charge is -2.06. The first-order valence-corrected chi connectivity index (χ1v) is 5.45. The molecule has 0 aliphatic heterocycles. The number of nitro benzene ring substituents is 1. The van der Waals surface area contributed by atoms with Crippen molar-refractivity contribution >= 4 is 17.3 Å². The predicted molar refractivity (Wildman–Crippen MR) is 69.8 cm³/mol. The number of hydrogen-bond donors (Lipinski definition) is 3. The van der Waals surface area contributed by atoms with Crippen molar-refractivity contribution in [3.63, 3.8) is 0 Å². The van der Waals surface area contributed by atoms with E-state index in [2.05, 4.69) is 10.3 Å². The van der Waals surface area contributed by atoms with Crippen molar-refractivity contribution in [1.29, 1.82) is 0 Å². The first-order chi connectivity index (χ1) is 9.47. The van der Waals surface area contributed by atoms with E-state index in [1.54, 1.807) is 0 Å². The van der Waals surface area contributed by atoms with Crippen molar-refractivity contribution in [2.45, 2.75) is 0 Å². The maximum absolute atomic E-state index is 11.8. The van der Waals surface area contributed by atoms with E-state index in [0.717, 1.165) is 12.3 Å². The van der Waals surface area contributed by atoms with Crippen molar-refractivity contribution in [2.24, 2.45) is 0 Å². The normalized spacial score (nSPS) is 10.0. The number of carbonyl (C=O) groups is 1. The van der Waals surface area contributed by atoms with E-state index < -0.39 is 22.1 Å². The van der Waals surface area contributed by atoms with Crippen molar-refractivity contribution < 1.29 is 14.8 Å². The molecule has 8 heteroatoms. The third-order valence-corrected chi connectivity index (χ3v) is 2.48. The number of anilines is 1. The number of non-ortho nitro benzene ring substituents is 1. The molecule has 0 fully saturated rings. The lowest BCUT2D eigenvalue weighted by molar-refractivity contribution is -0.384. The molecule has 1 aromatic heterocycles. The molecule has 1 amide bonds.